The number of β-amino-alcohol motifs (C(OH)–C–C–N with tert-alkyl or cyclic N) is 1. The minimum absolute atomic E-state index is 0.0477. The van der Waals surface area contributed by atoms with E-state index in [0.29, 0.717) is 13.1 Å². The average Bonchev–Trinajstić information content (AvgIpc) is 2.58. The van der Waals surface area contributed by atoms with Crippen LogP contribution in [0.3, 0.4) is 0 Å². The second-order valence-corrected chi connectivity index (χ2v) is 5.71. The standard InChI is InChI=1S/C15H23N3O2/c1-5-8-15(20)9-18(10-15)14(19)7-6-13-11(2)16-17(4)12(13)3/h6-7,20H,5,8-10H2,1-4H3. The summed E-state index contributed by atoms with van der Waals surface area (Å²) in [4.78, 5) is 13.7. The monoisotopic (exact) mass is 277 g/mol. The molecule has 0 unspecified atom stereocenters. The van der Waals surface area contributed by atoms with Gasteiger partial charge in [0, 0.05) is 24.4 Å². The van der Waals surface area contributed by atoms with Crippen molar-refractivity contribution in [2.45, 2.75) is 39.2 Å². The van der Waals surface area contributed by atoms with Crippen molar-refractivity contribution in [1.29, 1.82) is 0 Å². The van der Waals surface area contributed by atoms with E-state index in [-0.39, 0.29) is 5.91 Å². The van der Waals surface area contributed by atoms with Crippen molar-refractivity contribution in [3.05, 3.63) is 23.0 Å². The number of nitrogens with zero attached hydrogens (tertiary/aromatic N) is 3. The molecule has 2 heterocycles. The molecular weight excluding hydrogens is 254 g/mol. The zero-order chi connectivity index (χ0) is 14.9. The average molecular weight is 277 g/mol. The summed E-state index contributed by atoms with van der Waals surface area (Å²) in [5, 5.41) is 14.4. The third kappa shape index (κ3) is 2.77. The van der Waals surface area contributed by atoms with E-state index in [1.54, 1.807) is 11.0 Å². The summed E-state index contributed by atoms with van der Waals surface area (Å²) < 4.78 is 1.81. The number of carbonyl (C=O) groups excluding carboxylic acids is 1. The van der Waals surface area contributed by atoms with Crippen molar-refractivity contribution in [3.8, 4) is 0 Å². The zero-order valence-corrected chi connectivity index (χ0v) is 12.7. The van der Waals surface area contributed by atoms with E-state index in [4.69, 9.17) is 0 Å². The molecule has 1 fully saturated rings. The highest BCUT2D eigenvalue weighted by Crippen LogP contribution is 2.26. The fourth-order valence-corrected chi connectivity index (χ4v) is 2.73. The van der Waals surface area contributed by atoms with Crippen LogP contribution in [0.1, 0.15) is 36.7 Å². The second-order valence-electron chi connectivity index (χ2n) is 5.71. The Hall–Kier alpha value is -1.62. The van der Waals surface area contributed by atoms with Crippen molar-refractivity contribution in [1.82, 2.24) is 14.7 Å². The number of hydrogen-bond acceptors (Lipinski definition) is 3. The third-order valence-electron chi connectivity index (χ3n) is 3.95. The van der Waals surface area contributed by atoms with E-state index in [1.807, 2.05) is 38.6 Å². The lowest BCUT2D eigenvalue weighted by molar-refractivity contribution is -0.151. The highest BCUT2D eigenvalue weighted by molar-refractivity contribution is 5.92. The van der Waals surface area contributed by atoms with Gasteiger partial charge in [-0.2, -0.15) is 5.10 Å². The molecule has 1 aliphatic heterocycles. The largest absolute Gasteiger partial charge is 0.386 e. The van der Waals surface area contributed by atoms with Crippen molar-refractivity contribution in [2.75, 3.05) is 13.1 Å². The predicted molar refractivity (Wildman–Crippen MR) is 78.2 cm³/mol. The molecule has 0 spiro atoms. The molecule has 1 aromatic heterocycles. The molecule has 0 atom stereocenters. The number of aryl methyl sites for hydroxylation is 2. The molecule has 20 heavy (non-hydrogen) atoms. The van der Waals surface area contributed by atoms with Gasteiger partial charge in [0.15, 0.2) is 0 Å². The maximum absolute atomic E-state index is 12.0. The Morgan fingerprint density at radius 3 is 2.60 bits per heavy atom. The molecule has 0 bridgehead atoms. The Balaban J connectivity index is 1.98. The topological polar surface area (TPSA) is 58.4 Å². The van der Waals surface area contributed by atoms with Crippen LogP contribution in [0.5, 0.6) is 0 Å². The summed E-state index contributed by atoms with van der Waals surface area (Å²) in [5.74, 6) is -0.0477. The molecule has 0 aliphatic carbocycles. The van der Waals surface area contributed by atoms with Crippen LogP contribution in [-0.2, 0) is 11.8 Å². The number of amides is 1. The van der Waals surface area contributed by atoms with Crippen LogP contribution in [0.4, 0.5) is 0 Å². The highest BCUT2D eigenvalue weighted by Gasteiger charge is 2.41. The van der Waals surface area contributed by atoms with Gasteiger partial charge in [0.25, 0.3) is 0 Å². The summed E-state index contributed by atoms with van der Waals surface area (Å²) >= 11 is 0. The first-order chi connectivity index (χ1) is 9.36. The zero-order valence-electron chi connectivity index (χ0n) is 12.7. The van der Waals surface area contributed by atoms with Crippen LogP contribution in [0.25, 0.3) is 6.08 Å². The quantitative estimate of drug-likeness (QED) is 0.847. The molecule has 2 rings (SSSR count). The van der Waals surface area contributed by atoms with Gasteiger partial charge in [-0.3, -0.25) is 9.48 Å². The van der Waals surface area contributed by atoms with Crippen LogP contribution in [-0.4, -0.2) is 44.4 Å². The minimum Gasteiger partial charge on any atom is -0.386 e. The van der Waals surface area contributed by atoms with E-state index >= 15 is 0 Å². The van der Waals surface area contributed by atoms with E-state index in [9.17, 15) is 9.90 Å². The number of carbonyl (C=O) groups is 1. The maximum atomic E-state index is 12.0. The summed E-state index contributed by atoms with van der Waals surface area (Å²) in [6.07, 6.45) is 5.07. The molecule has 1 aliphatic rings. The summed E-state index contributed by atoms with van der Waals surface area (Å²) in [7, 11) is 1.89. The minimum atomic E-state index is -0.668. The second kappa shape index (κ2) is 5.40. The lowest BCUT2D eigenvalue weighted by atomic mass is 9.89. The third-order valence-corrected chi connectivity index (χ3v) is 3.95. The molecule has 5 nitrogen and oxygen atoms in total. The van der Waals surface area contributed by atoms with E-state index in [0.717, 1.165) is 29.8 Å². The molecule has 0 radical (unpaired) electrons. The lowest BCUT2D eigenvalue weighted by Gasteiger charge is -2.46. The first-order valence-corrected chi connectivity index (χ1v) is 7.06. The fourth-order valence-electron chi connectivity index (χ4n) is 2.73. The SMILES string of the molecule is CCCC1(O)CN(C(=O)C=Cc2c(C)nn(C)c2C)C1. The molecular formula is C15H23N3O2. The van der Waals surface area contributed by atoms with Gasteiger partial charge in [-0.15, -0.1) is 0 Å². The molecule has 0 saturated carbocycles. The van der Waals surface area contributed by atoms with Crippen molar-refractivity contribution in [3.63, 3.8) is 0 Å². The molecule has 1 aromatic rings. The van der Waals surface area contributed by atoms with Gasteiger partial charge in [0.2, 0.25) is 5.91 Å². The molecule has 5 heteroatoms. The smallest absolute Gasteiger partial charge is 0.246 e. The molecule has 1 saturated heterocycles. The van der Waals surface area contributed by atoms with Crippen LogP contribution >= 0.6 is 0 Å². The van der Waals surface area contributed by atoms with Crippen molar-refractivity contribution in [2.24, 2.45) is 7.05 Å². The van der Waals surface area contributed by atoms with Gasteiger partial charge < -0.3 is 10.0 Å². The van der Waals surface area contributed by atoms with Crippen molar-refractivity contribution >= 4 is 12.0 Å². The Labute approximate surface area is 119 Å². The molecule has 1 amide bonds. The lowest BCUT2D eigenvalue weighted by Crippen LogP contribution is -2.63. The summed E-state index contributed by atoms with van der Waals surface area (Å²) in [6.45, 7) is 6.83. The number of rotatable bonds is 4. The maximum Gasteiger partial charge on any atom is 0.246 e. The number of aromatic nitrogens is 2. The Bertz CT molecular complexity index is 540. The molecule has 1 N–H and O–H groups in total. The van der Waals surface area contributed by atoms with Crippen molar-refractivity contribution < 1.29 is 9.90 Å². The van der Waals surface area contributed by atoms with E-state index in [1.165, 1.54) is 0 Å². The molecule has 110 valence electrons. The summed E-state index contributed by atoms with van der Waals surface area (Å²) in [5.41, 5.74) is 2.28. The number of likely N-dealkylation sites (tertiary alicyclic amines) is 1. The van der Waals surface area contributed by atoms with Gasteiger partial charge in [0.05, 0.1) is 24.4 Å². The van der Waals surface area contributed by atoms with Gasteiger partial charge in [-0.05, 0) is 26.3 Å². The van der Waals surface area contributed by atoms with Crippen LogP contribution in [0.15, 0.2) is 6.08 Å². The predicted octanol–water partition coefficient (Wildman–Crippen LogP) is 1.42. The highest BCUT2D eigenvalue weighted by atomic mass is 16.3. The Morgan fingerprint density at radius 2 is 2.10 bits per heavy atom. The van der Waals surface area contributed by atoms with E-state index in [2.05, 4.69) is 5.10 Å². The fraction of sp³-hybridized carbons (Fsp3) is 0.600. The number of hydrogen-bond donors (Lipinski definition) is 1. The van der Waals surface area contributed by atoms with Gasteiger partial charge >= 0.3 is 0 Å². The first kappa shape index (κ1) is 14.8. The van der Waals surface area contributed by atoms with Gasteiger partial charge in [-0.25, -0.2) is 0 Å². The Morgan fingerprint density at radius 1 is 1.45 bits per heavy atom. The number of aliphatic hydroxyl groups is 1. The van der Waals surface area contributed by atoms with Gasteiger partial charge in [-0.1, -0.05) is 13.3 Å². The van der Waals surface area contributed by atoms with Crippen LogP contribution in [0.2, 0.25) is 0 Å². The summed E-state index contributed by atoms with van der Waals surface area (Å²) in [6, 6.07) is 0. The van der Waals surface area contributed by atoms with Crippen LogP contribution < -0.4 is 0 Å². The van der Waals surface area contributed by atoms with Gasteiger partial charge in [0.1, 0.15) is 0 Å². The first-order valence-electron chi connectivity index (χ1n) is 7.06. The molecule has 0 aromatic carbocycles. The normalized spacial score (nSPS) is 17.6. The Kier molecular flexibility index (Phi) is 3.99. The van der Waals surface area contributed by atoms with E-state index < -0.39 is 5.60 Å². The van der Waals surface area contributed by atoms with Crippen LogP contribution in [0, 0.1) is 13.8 Å².